The van der Waals surface area contributed by atoms with Crippen molar-refractivity contribution in [1.29, 1.82) is 0 Å². The molecule has 0 radical (unpaired) electrons. The zero-order valence-electron chi connectivity index (χ0n) is 19.8. The zero-order valence-corrected chi connectivity index (χ0v) is 19.8. The number of nitrogens with zero attached hydrogens (tertiary/aromatic N) is 4. The Morgan fingerprint density at radius 3 is 2.41 bits per heavy atom. The number of ether oxygens (including phenoxy) is 3. The molecular formula is C26H20N4O7. The van der Waals surface area contributed by atoms with Crippen molar-refractivity contribution in [3.63, 3.8) is 0 Å². The second kappa shape index (κ2) is 9.46. The van der Waals surface area contributed by atoms with Crippen LogP contribution in [0.25, 0.3) is 5.69 Å². The van der Waals surface area contributed by atoms with E-state index >= 15 is 0 Å². The van der Waals surface area contributed by atoms with Crippen molar-refractivity contribution < 1.29 is 24.1 Å². The van der Waals surface area contributed by atoms with Gasteiger partial charge in [-0.05, 0) is 62.4 Å². The minimum absolute atomic E-state index is 0.0845. The smallest absolute Gasteiger partial charge is 0.318 e. The molecule has 186 valence electrons. The third-order valence-corrected chi connectivity index (χ3v) is 5.85. The van der Waals surface area contributed by atoms with E-state index in [1.54, 1.807) is 18.3 Å². The molecule has 0 N–H and O–H groups in total. The average molecular weight is 500 g/mol. The summed E-state index contributed by atoms with van der Waals surface area (Å²) in [5, 5.41) is 22.3. The number of nitro groups is 2. The summed E-state index contributed by atoms with van der Waals surface area (Å²) in [4.78, 5) is 25.5. The first-order chi connectivity index (χ1) is 17.8. The maximum absolute atomic E-state index is 11.4. The third-order valence-electron chi connectivity index (χ3n) is 5.85. The summed E-state index contributed by atoms with van der Waals surface area (Å²) in [5.41, 5.74) is 3.65. The van der Waals surface area contributed by atoms with Gasteiger partial charge in [-0.1, -0.05) is 0 Å². The van der Waals surface area contributed by atoms with Gasteiger partial charge in [0.25, 0.3) is 5.69 Å². The Kier molecular flexibility index (Phi) is 6.02. The molecule has 11 nitrogen and oxygen atoms in total. The molecule has 0 saturated carbocycles. The third kappa shape index (κ3) is 4.69. The first-order valence-electron chi connectivity index (χ1n) is 11.1. The number of aromatic nitrogens is 1. The number of benzene rings is 3. The Bertz CT molecular complexity index is 1560. The first kappa shape index (κ1) is 23.5. The monoisotopic (exact) mass is 500 g/mol. The number of hydrogen-bond donors (Lipinski definition) is 0. The zero-order chi connectivity index (χ0) is 26.1. The number of aliphatic imine (C=N–C) groups is 1. The summed E-state index contributed by atoms with van der Waals surface area (Å²) in [5.74, 6) is 1.64. The Hall–Kier alpha value is -5.19. The maximum atomic E-state index is 11.4. The largest absolute Gasteiger partial charge is 0.454 e. The van der Waals surface area contributed by atoms with Gasteiger partial charge >= 0.3 is 5.69 Å². The van der Waals surface area contributed by atoms with Crippen LogP contribution in [-0.2, 0) is 0 Å². The van der Waals surface area contributed by atoms with Crippen molar-refractivity contribution in [3.05, 3.63) is 104 Å². The number of rotatable bonds is 7. The Balaban J connectivity index is 1.37. The predicted octanol–water partition coefficient (Wildman–Crippen LogP) is 6.18. The van der Waals surface area contributed by atoms with E-state index < -0.39 is 15.5 Å². The van der Waals surface area contributed by atoms with Crippen LogP contribution in [0.5, 0.6) is 23.0 Å². The van der Waals surface area contributed by atoms with Crippen molar-refractivity contribution >= 4 is 23.3 Å². The predicted molar refractivity (Wildman–Crippen MR) is 135 cm³/mol. The highest BCUT2D eigenvalue weighted by Crippen LogP contribution is 2.36. The molecule has 37 heavy (non-hydrogen) atoms. The number of fused-ring (bicyclic) bond motifs is 1. The van der Waals surface area contributed by atoms with Crippen molar-refractivity contribution in [1.82, 2.24) is 4.57 Å². The van der Waals surface area contributed by atoms with Crippen molar-refractivity contribution in [2.45, 2.75) is 13.8 Å². The second-order valence-corrected chi connectivity index (χ2v) is 8.22. The van der Waals surface area contributed by atoms with E-state index in [4.69, 9.17) is 14.2 Å². The van der Waals surface area contributed by atoms with Crippen LogP contribution in [0.1, 0.15) is 17.0 Å². The highest BCUT2D eigenvalue weighted by molar-refractivity contribution is 5.84. The molecule has 0 unspecified atom stereocenters. The first-order valence-corrected chi connectivity index (χ1v) is 11.1. The van der Waals surface area contributed by atoms with Crippen LogP contribution < -0.4 is 14.2 Å². The summed E-state index contributed by atoms with van der Waals surface area (Å²) in [6, 6.07) is 17.8. The van der Waals surface area contributed by atoms with Gasteiger partial charge in [0.1, 0.15) is 5.75 Å². The normalized spacial score (nSPS) is 12.2. The van der Waals surface area contributed by atoms with E-state index in [0.717, 1.165) is 40.5 Å². The van der Waals surface area contributed by atoms with Gasteiger partial charge in [-0.15, -0.1) is 0 Å². The second-order valence-electron chi connectivity index (χ2n) is 8.22. The molecular weight excluding hydrogens is 480 g/mol. The molecule has 1 aliphatic heterocycles. The van der Waals surface area contributed by atoms with E-state index in [1.165, 1.54) is 6.07 Å². The molecule has 0 aliphatic carbocycles. The molecule has 11 heteroatoms. The summed E-state index contributed by atoms with van der Waals surface area (Å²) >= 11 is 0. The van der Waals surface area contributed by atoms with Gasteiger partial charge in [0, 0.05) is 41.0 Å². The van der Waals surface area contributed by atoms with Crippen LogP contribution in [0, 0.1) is 34.1 Å². The molecule has 0 spiro atoms. The Morgan fingerprint density at radius 2 is 1.68 bits per heavy atom. The fourth-order valence-corrected chi connectivity index (χ4v) is 4.06. The van der Waals surface area contributed by atoms with Crippen molar-refractivity contribution in [3.8, 4) is 28.7 Å². The van der Waals surface area contributed by atoms with Gasteiger partial charge < -0.3 is 18.8 Å². The van der Waals surface area contributed by atoms with E-state index in [9.17, 15) is 20.2 Å². The molecule has 1 aromatic heterocycles. The van der Waals surface area contributed by atoms with Crippen LogP contribution >= 0.6 is 0 Å². The number of non-ortho nitro benzene ring substituents is 1. The summed E-state index contributed by atoms with van der Waals surface area (Å²) in [6.07, 6.45) is 1.79. The van der Waals surface area contributed by atoms with Crippen LogP contribution in [-0.4, -0.2) is 27.4 Å². The van der Waals surface area contributed by atoms with E-state index in [2.05, 4.69) is 9.56 Å². The SMILES string of the molecule is Cc1cc(C=Nc2ccc3c(c2)OCO3)c(C)n1-c1ccc(Oc2ccc([N+](=O)[O-])cc2[N+](=O)[O-])cc1. The molecule has 5 rings (SSSR count). The molecule has 0 amide bonds. The van der Waals surface area contributed by atoms with E-state index in [1.807, 2.05) is 50.2 Å². The molecule has 2 heterocycles. The van der Waals surface area contributed by atoms with Gasteiger partial charge in [-0.2, -0.15) is 0 Å². The van der Waals surface area contributed by atoms with Gasteiger partial charge in [-0.25, -0.2) is 0 Å². The van der Waals surface area contributed by atoms with Gasteiger partial charge in [0.15, 0.2) is 11.5 Å². The highest BCUT2D eigenvalue weighted by Gasteiger charge is 2.21. The maximum Gasteiger partial charge on any atom is 0.318 e. The highest BCUT2D eigenvalue weighted by atomic mass is 16.7. The summed E-state index contributed by atoms with van der Waals surface area (Å²) < 4.78 is 18.5. The Morgan fingerprint density at radius 1 is 0.919 bits per heavy atom. The van der Waals surface area contributed by atoms with Gasteiger partial charge in [0.2, 0.25) is 12.5 Å². The quantitative estimate of drug-likeness (QED) is 0.168. The molecule has 0 saturated heterocycles. The molecule has 0 atom stereocenters. The molecule has 0 fully saturated rings. The van der Waals surface area contributed by atoms with Crippen molar-refractivity contribution in [2.24, 2.45) is 4.99 Å². The molecule has 1 aliphatic rings. The topological polar surface area (TPSA) is 131 Å². The lowest BCUT2D eigenvalue weighted by molar-refractivity contribution is -0.394. The summed E-state index contributed by atoms with van der Waals surface area (Å²) in [6.45, 7) is 4.17. The minimum atomic E-state index is -0.712. The lowest BCUT2D eigenvalue weighted by Gasteiger charge is -2.11. The van der Waals surface area contributed by atoms with Gasteiger partial charge in [-0.3, -0.25) is 25.2 Å². The van der Waals surface area contributed by atoms with E-state index in [-0.39, 0.29) is 18.2 Å². The van der Waals surface area contributed by atoms with Crippen LogP contribution in [0.2, 0.25) is 0 Å². The lowest BCUT2D eigenvalue weighted by Crippen LogP contribution is -2.00. The van der Waals surface area contributed by atoms with Gasteiger partial charge in [0.05, 0.1) is 21.6 Å². The molecule has 0 bridgehead atoms. The Labute approximate surface area is 210 Å². The lowest BCUT2D eigenvalue weighted by atomic mass is 10.2. The van der Waals surface area contributed by atoms with Crippen LogP contribution in [0.3, 0.4) is 0 Å². The fourth-order valence-electron chi connectivity index (χ4n) is 4.06. The average Bonchev–Trinajstić information content (AvgIpc) is 3.46. The minimum Gasteiger partial charge on any atom is -0.454 e. The number of aryl methyl sites for hydroxylation is 1. The fraction of sp³-hybridized carbons (Fsp3) is 0.115. The van der Waals surface area contributed by atoms with E-state index in [0.29, 0.717) is 17.2 Å². The van der Waals surface area contributed by atoms with Crippen LogP contribution in [0.4, 0.5) is 17.1 Å². The van der Waals surface area contributed by atoms with Crippen molar-refractivity contribution in [2.75, 3.05) is 6.79 Å². The van der Waals surface area contributed by atoms with Crippen LogP contribution in [0.15, 0.2) is 71.7 Å². The molecule has 4 aromatic rings. The molecule has 3 aromatic carbocycles. The standard InChI is InChI=1S/C26H20N4O7/c1-16-11-18(14-27-19-3-9-25-26(12-19)36-15-35-25)17(2)28(16)20-4-7-22(8-5-20)37-24-10-6-21(29(31)32)13-23(24)30(33)34/h3-14H,15H2,1-2H3. The number of nitro benzene ring substituents is 2. The number of hydrogen-bond acceptors (Lipinski definition) is 8. The summed E-state index contributed by atoms with van der Waals surface area (Å²) in [7, 11) is 0.